The average molecular weight is 912 g/mol. The van der Waals surface area contributed by atoms with Gasteiger partial charge in [0, 0.05) is 73.5 Å². The van der Waals surface area contributed by atoms with Crippen molar-refractivity contribution in [3.8, 4) is 0 Å². The zero-order chi connectivity index (χ0) is 47.0. The third-order valence-electron chi connectivity index (χ3n) is 14.4. The number of aryl methyl sites for hydroxylation is 1. The SMILES string of the molecule is CC1CC(C)CN(C(=O)CCC(=O)NC2CCC(Cc3cccc(Cl)c3)(N(C)C)CC2)C1.Cc1cccc(CC2(N(C)C)CCC(NC(=O)CCC(=O)NCCc3ccccc3)CC2)c1. The van der Waals surface area contributed by atoms with Crippen LogP contribution in [0.3, 0.4) is 0 Å². The Labute approximate surface area is 396 Å². The Bertz CT molecular complexity index is 1960. The van der Waals surface area contributed by atoms with Crippen LogP contribution in [-0.2, 0) is 38.4 Å². The summed E-state index contributed by atoms with van der Waals surface area (Å²) in [7, 11) is 8.64. The monoisotopic (exact) mass is 911 g/mol. The number of likely N-dealkylation sites (tertiary alicyclic amines) is 1. The molecule has 1 aliphatic heterocycles. The first-order valence-electron chi connectivity index (χ1n) is 24.3. The molecule has 0 radical (unpaired) electrons. The predicted molar refractivity (Wildman–Crippen MR) is 265 cm³/mol. The second kappa shape index (κ2) is 25.0. The van der Waals surface area contributed by atoms with E-state index in [9.17, 15) is 19.2 Å². The second-order valence-electron chi connectivity index (χ2n) is 20.2. The lowest BCUT2D eigenvalue weighted by Crippen LogP contribution is -2.52. The van der Waals surface area contributed by atoms with Crippen LogP contribution in [0.4, 0.5) is 0 Å². The first-order valence-corrected chi connectivity index (χ1v) is 24.7. The minimum absolute atomic E-state index is 0.00801. The Kier molecular flexibility index (Phi) is 19.9. The van der Waals surface area contributed by atoms with Crippen molar-refractivity contribution in [2.24, 2.45) is 11.8 Å². The third kappa shape index (κ3) is 16.5. The van der Waals surface area contributed by atoms with Gasteiger partial charge in [0.2, 0.25) is 23.6 Å². The number of benzene rings is 3. The van der Waals surface area contributed by atoms with Gasteiger partial charge in [0.05, 0.1) is 0 Å². The minimum Gasteiger partial charge on any atom is -0.356 e. The number of hydrogen-bond donors (Lipinski definition) is 3. The molecule has 1 heterocycles. The third-order valence-corrected chi connectivity index (χ3v) is 14.7. The number of nitrogens with zero attached hydrogens (tertiary/aromatic N) is 3. The zero-order valence-electron chi connectivity index (χ0n) is 40.6. The Morgan fingerprint density at radius 1 is 0.631 bits per heavy atom. The number of amides is 4. The maximum absolute atomic E-state index is 12.6. The van der Waals surface area contributed by atoms with Crippen LogP contribution in [-0.4, -0.2) is 109 Å². The molecule has 65 heavy (non-hydrogen) atoms. The average Bonchev–Trinajstić information content (AvgIpc) is 3.26. The van der Waals surface area contributed by atoms with Gasteiger partial charge in [0.1, 0.15) is 0 Å². The molecule has 0 aromatic heterocycles. The summed E-state index contributed by atoms with van der Waals surface area (Å²) in [4.78, 5) is 56.3. The summed E-state index contributed by atoms with van der Waals surface area (Å²) in [6, 6.07) is 27.4. The van der Waals surface area contributed by atoms with Crippen molar-refractivity contribution < 1.29 is 19.2 Å². The lowest BCUT2D eigenvalue weighted by atomic mass is 9.74. The number of piperidine rings is 1. The molecule has 356 valence electrons. The number of carbonyl (C=O) groups is 4. The van der Waals surface area contributed by atoms with Crippen molar-refractivity contribution in [1.82, 2.24) is 30.7 Å². The molecule has 3 aliphatic rings. The van der Waals surface area contributed by atoms with E-state index >= 15 is 0 Å². The molecule has 2 saturated carbocycles. The summed E-state index contributed by atoms with van der Waals surface area (Å²) in [6.45, 7) is 8.79. The lowest BCUT2D eigenvalue weighted by Gasteiger charge is -2.45. The largest absolute Gasteiger partial charge is 0.356 e. The summed E-state index contributed by atoms with van der Waals surface area (Å²) in [5.41, 5.74) is 5.35. The summed E-state index contributed by atoms with van der Waals surface area (Å²) >= 11 is 6.20. The van der Waals surface area contributed by atoms with E-state index in [0.717, 1.165) is 88.7 Å². The van der Waals surface area contributed by atoms with Crippen LogP contribution < -0.4 is 16.0 Å². The molecule has 11 heteroatoms. The smallest absolute Gasteiger partial charge is 0.223 e. The molecule has 3 N–H and O–H groups in total. The van der Waals surface area contributed by atoms with Crippen LogP contribution in [0.1, 0.15) is 120 Å². The number of halogens is 1. The standard InChI is InChI=1S/C28H39N3O2.C26H40ClN3O2/c1-22-8-7-11-24(20-22)21-28(31(2)3)17-14-25(15-18-28)30-27(33)13-12-26(32)29-19-16-23-9-5-4-6-10-23;1-19-14-20(2)18-30(17-19)25(32)9-8-24(31)28-23-10-12-26(13-11-23,29(3)4)16-21-6-5-7-22(27)15-21/h4-11,20,25H,12-19,21H2,1-3H3,(H,29,32)(H,30,33);5-7,15,19-20,23H,8-14,16-18H2,1-4H3,(H,28,31). The van der Waals surface area contributed by atoms with Gasteiger partial charge in [0.25, 0.3) is 0 Å². The quantitative estimate of drug-likeness (QED) is 0.125. The molecule has 3 fully saturated rings. The van der Waals surface area contributed by atoms with Crippen molar-refractivity contribution in [3.05, 3.63) is 106 Å². The number of likely N-dealkylation sites (N-methyl/N-ethyl adjacent to an activating group) is 2. The van der Waals surface area contributed by atoms with Gasteiger partial charge in [0.15, 0.2) is 0 Å². The van der Waals surface area contributed by atoms with Crippen LogP contribution in [0, 0.1) is 18.8 Å². The molecule has 0 spiro atoms. The van der Waals surface area contributed by atoms with Gasteiger partial charge in [-0.25, -0.2) is 0 Å². The highest BCUT2D eigenvalue weighted by Gasteiger charge is 2.39. The van der Waals surface area contributed by atoms with Gasteiger partial charge < -0.3 is 30.7 Å². The molecule has 6 rings (SSSR count). The van der Waals surface area contributed by atoms with Gasteiger partial charge in [-0.15, -0.1) is 0 Å². The van der Waals surface area contributed by atoms with Crippen LogP contribution in [0.25, 0.3) is 0 Å². The van der Waals surface area contributed by atoms with Gasteiger partial charge in [-0.2, -0.15) is 0 Å². The maximum atomic E-state index is 12.6. The van der Waals surface area contributed by atoms with Crippen LogP contribution in [0.5, 0.6) is 0 Å². The first kappa shape index (κ1) is 51.7. The number of carbonyl (C=O) groups excluding carboxylic acids is 4. The molecule has 3 aromatic rings. The van der Waals surface area contributed by atoms with Crippen LogP contribution in [0.15, 0.2) is 78.9 Å². The fourth-order valence-electron chi connectivity index (χ4n) is 10.5. The molecule has 1 saturated heterocycles. The molecule has 2 aliphatic carbocycles. The highest BCUT2D eigenvalue weighted by molar-refractivity contribution is 6.30. The molecule has 2 unspecified atom stereocenters. The van der Waals surface area contributed by atoms with Gasteiger partial charge in [-0.1, -0.05) is 97.7 Å². The second-order valence-corrected chi connectivity index (χ2v) is 20.7. The van der Waals surface area contributed by atoms with E-state index in [4.69, 9.17) is 11.6 Å². The molecule has 10 nitrogen and oxygen atoms in total. The van der Waals surface area contributed by atoms with E-state index < -0.39 is 0 Å². The first-order chi connectivity index (χ1) is 31.0. The molecule has 0 bridgehead atoms. The minimum atomic E-state index is -0.0606. The van der Waals surface area contributed by atoms with Crippen molar-refractivity contribution in [2.45, 2.75) is 147 Å². The normalized spacial score (nSPS) is 24.4. The predicted octanol–water partition coefficient (Wildman–Crippen LogP) is 8.56. The van der Waals surface area contributed by atoms with Crippen LogP contribution >= 0.6 is 11.6 Å². The zero-order valence-corrected chi connectivity index (χ0v) is 41.4. The Morgan fingerprint density at radius 3 is 1.62 bits per heavy atom. The fourth-order valence-corrected chi connectivity index (χ4v) is 10.8. The topological polar surface area (TPSA) is 114 Å². The highest BCUT2D eigenvalue weighted by atomic mass is 35.5. The molecule has 3 aromatic carbocycles. The highest BCUT2D eigenvalue weighted by Crippen LogP contribution is 2.37. The fraction of sp³-hybridized carbons (Fsp3) is 0.593. The Hall–Kier alpha value is -4.25. The summed E-state index contributed by atoms with van der Waals surface area (Å²) in [5.74, 6) is 1.14. The number of hydrogen-bond acceptors (Lipinski definition) is 6. The van der Waals surface area contributed by atoms with Crippen molar-refractivity contribution in [3.63, 3.8) is 0 Å². The van der Waals surface area contributed by atoms with E-state index in [0.29, 0.717) is 24.8 Å². The van der Waals surface area contributed by atoms with E-state index in [2.05, 4.69) is 123 Å². The number of rotatable bonds is 17. The molecule has 4 amide bonds. The number of nitrogens with one attached hydrogen (secondary N) is 3. The summed E-state index contributed by atoms with van der Waals surface area (Å²) in [6.07, 6.45) is 13.1. The maximum Gasteiger partial charge on any atom is 0.223 e. The molecular formula is C54H79ClN6O4. The van der Waals surface area contributed by atoms with E-state index in [-0.39, 0.29) is 66.1 Å². The Morgan fingerprint density at radius 2 is 1.11 bits per heavy atom. The van der Waals surface area contributed by atoms with Gasteiger partial charge in [-0.05, 0) is 153 Å². The van der Waals surface area contributed by atoms with Crippen molar-refractivity contribution in [1.29, 1.82) is 0 Å². The van der Waals surface area contributed by atoms with Crippen molar-refractivity contribution in [2.75, 3.05) is 47.8 Å². The van der Waals surface area contributed by atoms with E-state index in [1.807, 2.05) is 35.2 Å². The van der Waals surface area contributed by atoms with E-state index in [1.165, 1.54) is 28.7 Å². The van der Waals surface area contributed by atoms with Gasteiger partial charge >= 0.3 is 0 Å². The van der Waals surface area contributed by atoms with Gasteiger partial charge in [-0.3, -0.25) is 19.2 Å². The van der Waals surface area contributed by atoms with Crippen LogP contribution in [0.2, 0.25) is 5.02 Å². The summed E-state index contributed by atoms with van der Waals surface area (Å²) in [5, 5.41) is 10.1. The van der Waals surface area contributed by atoms with E-state index in [1.54, 1.807) is 0 Å². The van der Waals surface area contributed by atoms with Crippen molar-refractivity contribution >= 4 is 35.2 Å². The lowest BCUT2D eigenvalue weighted by molar-refractivity contribution is -0.136. The Balaban J connectivity index is 0.000000244. The molecular weight excluding hydrogens is 832 g/mol. The molecule has 2 atom stereocenters. The summed E-state index contributed by atoms with van der Waals surface area (Å²) < 4.78 is 0.